The van der Waals surface area contributed by atoms with Gasteiger partial charge in [0.05, 0.1) is 0 Å². The van der Waals surface area contributed by atoms with Crippen molar-refractivity contribution in [2.45, 2.75) is 26.3 Å². The minimum atomic E-state index is 0.0772. The lowest BCUT2D eigenvalue weighted by Crippen LogP contribution is -2.22. The zero-order chi connectivity index (χ0) is 16.8. The number of nitrogens with one attached hydrogen (secondary N) is 1. The quantitative estimate of drug-likeness (QED) is 0.756. The molecular formula is C20H21N3O. The third-order valence-electron chi connectivity index (χ3n) is 4.01. The predicted octanol–water partition coefficient (Wildman–Crippen LogP) is 3.43. The van der Waals surface area contributed by atoms with Crippen molar-refractivity contribution in [2.75, 3.05) is 0 Å². The summed E-state index contributed by atoms with van der Waals surface area (Å²) in [6.07, 6.45) is 5.01. The van der Waals surface area contributed by atoms with Gasteiger partial charge in [-0.1, -0.05) is 42.5 Å². The second kappa shape index (κ2) is 7.59. The first-order valence-electron chi connectivity index (χ1n) is 8.12. The Labute approximate surface area is 142 Å². The molecule has 0 saturated carbocycles. The molecule has 0 aliphatic rings. The van der Waals surface area contributed by atoms with Gasteiger partial charge >= 0.3 is 0 Å². The Morgan fingerprint density at radius 1 is 1.04 bits per heavy atom. The maximum Gasteiger partial charge on any atom is 0.220 e. The van der Waals surface area contributed by atoms with E-state index in [1.54, 1.807) is 6.20 Å². The lowest BCUT2D eigenvalue weighted by Gasteiger charge is -2.08. The van der Waals surface area contributed by atoms with Gasteiger partial charge in [0.25, 0.3) is 0 Å². The topological polar surface area (TPSA) is 46.9 Å². The number of hydrogen-bond acceptors (Lipinski definition) is 2. The molecule has 122 valence electrons. The highest BCUT2D eigenvalue weighted by molar-refractivity contribution is 5.76. The van der Waals surface area contributed by atoms with Crippen LogP contribution >= 0.6 is 0 Å². The highest BCUT2D eigenvalue weighted by atomic mass is 16.1. The zero-order valence-electron chi connectivity index (χ0n) is 13.8. The molecule has 1 heterocycles. The van der Waals surface area contributed by atoms with E-state index in [1.165, 1.54) is 5.56 Å². The van der Waals surface area contributed by atoms with E-state index in [4.69, 9.17) is 0 Å². The maximum absolute atomic E-state index is 12.0. The van der Waals surface area contributed by atoms with Crippen LogP contribution in [0.5, 0.6) is 0 Å². The summed E-state index contributed by atoms with van der Waals surface area (Å²) in [5.41, 5.74) is 3.35. The zero-order valence-corrected chi connectivity index (χ0v) is 13.8. The molecule has 4 heteroatoms. The normalized spacial score (nSPS) is 10.5. The molecule has 1 amide bonds. The highest BCUT2D eigenvalue weighted by Gasteiger charge is 2.04. The average Bonchev–Trinajstić information content (AvgIpc) is 3.05. The molecule has 0 bridgehead atoms. The van der Waals surface area contributed by atoms with Crippen LogP contribution in [0.2, 0.25) is 0 Å². The maximum atomic E-state index is 12.0. The van der Waals surface area contributed by atoms with E-state index in [0.717, 1.165) is 23.5 Å². The minimum absolute atomic E-state index is 0.0772. The molecule has 3 aromatic rings. The number of hydrogen-bond donors (Lipinski definition) is 1. The predicted molar refractivity (Wildman–Crippen MR) is 94.9 cm³/mol. The molecule has 0 aliphatic heterocycles. The van der Waals surface area contributed by atoms with Gasteiger partial charge in [0.2, 0.25) is 5.91 Å². The van der Waals surface area contributed by atoms with Gasteiger partial charge in [-0.2, -0.15) is 0 Å². The van der Waals surface area contributed by atoms with Gasteiger partial charge in [0.1, 0.15) is 5.82 Å². The van der Waals surface area contributed by atoms with Crippen molar-refractivity contribution in [1.29, 1.82) is 0 Å². The molecule has 1 N–H and O–H groups in total. The lowest BCUT2D eigenvalue weighted by molar-refractivity contribution is -0.121. The first-order valence-corrected chi connectivity index (χ1v) is 8.12. The molecular weight excluding hydrogens is 298 g/mol. The Bertz CT molecular complexity index is 791. The summed E-state index contributed by atoms with van der Waals surface area (Å²) < 4.78 is 2.03. The van der Waals surface area contributed by atoms with Crippen LogP contribution in [0.15, 0.2) is 67.0 Å². The molecule has 0 unspecified atom stereocenters. The minimum Gasteiger partial charge on any atom is -0.352 e. The van der Waals surface area contributed by atoms with Gasteiger partial charge in [-0.25, -0.2) is 4.98 Å². The van der Waals surface area contributed by atoms with Crippen molar-refractivity contribution in [2.24, 2.45) is 0 Å². The van der Waals surface area contributed by atoms with E-state index >= 15 is 0 Å². The molecule has 0 fully saturated rings. The number of aromatic nitrogens is 2. The summed E-state index contributed by atoms with van der Waals surface area (Å²) in [4.78, 5) is 16.2. The van der Waals surface area contributed by atoms with Gasteiger partial charge in [-0.3, -0.25) is 4.79 Å². The summed E-state index contributed by atoms with van der Waals surface area (Å²) in [6.45, 7) is 2.53. The number of carbonyl (C=O) groups is 1. The van der Waals surface area contributed by atoms with Crippen molar-refractivity contribution < 1.29 is 4.79 Å². The lowest BCUT2D eigenvalue weighted by atomic mass is 10.1. The molecule has 0 aliphatic carbocycles. The number of imidazole rings is 1. The number of amides is 1. The van der Waals surface area contributed by atoms with Crippen LogP contribution in [0, 0.1) is 6.92 Å². The van der Waals surface area contributed by atoms with Gasteiger partial charge in [0, 0.05) is 31.0 Å². The van der Waals surface area contributed by atoms with Crippen molar-refractivity contribution in [1.82, 2.24) is 14.9 Å². The van der Waals surface area contributed by atoms with Crippen LogP contribution in [0.3, 0.4) is 0 Å². The molecule has 3 rings (SSSR count). The van der Waals surface area contributed by atoms with Crippen molar-refractivity contribution in [3.8, 4) is 5.69 Å². The monoisotopic (exact) mass is 319 g/mol. The third-order valence-corrected chi connectivity index (χ3v) is 4.01. The number of benzene rings is 2. The van der Waals surface area contributed by atoms with Crippen molar-refractivity contribution >= 4 is 5.91 Å². The number of aryl methyl sites for hydroxylation is 2. The Morgan fingerprint density at radius 2 is 1.79 bits per heavy atom. The molecule has 1 aromatic heterocycles. The first-order chi connectivity index (χ1) is 11.7. The molecule has 0 spiro atoms. The Balaban J connectivity index is 1.49. The van der Waals surface area contributed by atoms with Crippen LogP contribution in [-0.2, 0) is 17.8 Å². The van der Waals surface area contributed by atoms with Crippen LogP contribution < -0.4 is 5.32 Å². The summed E-state index contributed by atoms with van der Waals surface area (Å²) in [7, 11) is 0. The smallest absolute Gasteiger partial charge is 0.220 e. The molecule has 0 atom stereocenters. The van der Waals surface area contributed by atoms with Gasteiger partial charge in [-0.05, 0) is 36.6 Å². The van der Waals surface area contributed by atoms with E-state index in [0.29, 0.717) is 13.0 Å². The highest BCUT2D eigenvalue weighted by Crippen LogP contribution is 2.11. The van der Waals surface area contributed by atoms with Crippen molar-refractivity contribution in [3.63, 3.8) is 0 Å². The summed E-state index contributed by atoms with van der Waals surface area (Å²) in [5, 5.41) is 2.98. The Hall–Kier alpha value is -2.88. The van der Waals surface area contributed by atoms with Crippen LogP contribution in [0.25, 0.3) is 5.69 Å². The second-order valence-electron chi connectivity index (χ2n) is 5.77. The molecule has 0 saturated heterocycles. The second-order valence-corrected chi connectivity index (χ2v) is 5.77. The standard InChI is InChI=1S/C20H21N3O/c1-16-21-13-14-23(16)19-10-7-18(8-11-19)15-22-20(24)12-9-17-5-3-2-4-6-17/h2-8,10-11,13-14H,9,12,15H2,1H3,(H,22,24). The Morgan fingerprint density at radius 3 is 2.46 bits per heavy atom. The van der Waals surface area contributed by atoms with Crippen LogP contribution in [0.1, 0.15) is 23.4 Å². The molecule has 0 radical (unpaired) electrons. The van der Waals surface area contributed by atoms with E-state index < -0.39 is 0 Å². The fourth-order valence-electron chi connectivity index (χ4n) is 2.62. The average molecular weight is 319 g/mol. The largest absolute Gasteiger partial charge is 0.352 e. The summed E-state index contributed by atoms with van der Waals surface area (Å²) in [5.74, 6) is 1.03. The molecule has 24 heavy (non-hydrogen) atoms. The summed E-state index contributed by atoms with van der Waals surface area (Å²) >= 11 is 0. The Kier molecular flexibility index (Phi) is 5.06. The third kappa shape index (κ3) is 4.10. The van der Waals surface area contributed by atoms with Gasteiger partial charge in [-0.15, -0.1) is 0 Å². The van der Waals surface area contributed by atoms with Crippen LogP contribution in [-0.4, -0.2) is 15.5 Å². The van der Waals surface area contributed by atoms with E-state index in [-0.39, 0.29) is 5.91 Å². The van der Waals surface area contributed by atoms with E-state index in [2.05, 4.69) is 10.3 Å². The fourth-order valence-corrected chi connectivity index (χ4v) is 2.62. The number of nitrogens with zero attached hydrogens (tertiary/aromatic N) is 2. The first kappa shape index (κ1) is 16.0. The number of carbonyl (C=O) groups excluding carboxylic acids is 1. The van der Waals surface area contributed by atoms with Crippen molar-refractivity contribution in [3.05, 3.63) is 83.9 Å². The fraction of sp³-hybridized carbons (Fsp3) is 0.200. The molecule has 4 nitrogen and oxygen atoms in total. The SMILES string of the molecule is Cc1nccn1-c1ccc(CNC(=O)CCc2ccccc2)cc1. The molecule has 2 aromatic carbocycles. The van der Waals surface area contributed by atoms with Gasteiger partial charge < -0.3 is 9.88 Å². The van der Waals surface area contributed by atoms with Gasteiger partial charge in [0.15, 0.2) is 0 Å². The van der Waals surface area contributed by atoms with E-state index in [9.17, 15) is 4.79 Å². The van der Waals surface area contributed by atoms with E-state index in [1.807, 2.05) is 72.3 Å². The number of rotatable bonds is 6. The summed E-state index contributed by atoms with van der Waals surface area (Å²) in [6, 6.07) is 18.2. The van der Waals surface area contributed by atoms with Crippen LogP contribution in [0.4, 0.5) is 0 Å².